The molecule has 0 unspecified atom stereocenters. The number of carbonyl (C=O) groups excluding carboxylic acids is 1. The van der Waals surface area contributed by atoms with Crippen molar-refractivity contribution in [3.63, 3.8) is 0 Å². The van der Waals surface area contributed by atoms with Crippen LogP contribution in [0.4, 0.5) is 0 Å². The van der Waals surface area contributed by atoms with E-state index in [0.717, 1.165) is 29.6 Å². The number of hydrogen-bond donors (Lipinski definition) is 2. The Hall–Kier alpha value is -2.59. The molecule has 4 heteroatoms. The second-order valence-corrected chi connectivity index (χ2v) is 6.24. The minimum atomic E-state index is -0.414. The third kappa shape index (κ3) is 4.28. The molecule has 1 heterocycles. The van der Waals surface area contributed by atoms with Gasteiger partial charge in [0, 0.05) is 18.4 Å². The standard InChI is InChI=1S/C21H24N2O2/c1-2-19(22)21(24)23-12-6-9-18-14-17-13-16(10-11-20(17)25-18)15-7-4-3-5-8-15/h3-5,7-8,10-11,13-14,19H,2,6,9,12,22H2,1H3,(H,23,24)/t19-/m0/s1. The monoisotopic (exact) mass is 336 g/mol. The molecule has 0 saturated heterocycles. The molecule has 0 spiro atoms. The van der Waals surface area contributed by atoms with Gasteiger partial charge >= 0.3 is 0 Å². The number of hydrogen-bond acceptors (Lipinski definition) is 3. The van der Waals surface area contributed by atoms with Crippen molar-refractivity contribution in [2.24, 2.45) is 5.73 Å². The topological polar surface area (TPSA) is 68.3 Å². The average molecular weight is 336 g/mol. The van der Waals surface area contributed by atoms with Crippen LogP contribution in [0.3, 0.4) is 0 Å². The number of nitrogens with two attached hydrogens (primary N) is 1. The van der Waals surface area contributed by atoms with Crippen molar-refractivity contribution in [3.05, 3.63) is 60.4 Å². The van der Waals surface area contributed by atoms with Crippen LogP contribution in [-0.4, -0.2) is 18.5 Å². The van der Waals surface area contributed by atoms with Gasteiger partial charge in [-0.3, -0.25) is 4.79 Å². The highest BCUT2D eigenvalue weighted by Gasteiger charge is 2.10. The Kier molecular flexibility index (Phi) is 5.51. The molecule has 0 saturated carbocycles. The fourth-order valence-corrected chi connectivity index (χ4v) is 2.82. The molecule has 0 fully saturated rings. The first-order chi connectivity index (χ1) is 12.2. The molecule has 4 nitrogen and oxygen atoms in total. The van der Waals surface area contributed by atoms with Gasteiger partial charge in [-0.25, -0.2) is 0 Å². The van der Waals surface area contributed by atoms with E-state index in [4.69, 9.17) is 10.2 Å². The normalized spacial score (nSPS) is 12.2. The summed E-state index contributed by atoms with van der Waals surface area (Å²) in [6.07, 6.45) is 2.27. The molecule has 1 aromatic heterocycles. The largest absolute Gasteiger partial charge is 0.461 e. The predicted octanol–water partition coefficient (Wildman–Crippen LogP) is 3.89. The van der Waals surface area contributed by atoms with Crippen LogP contribution in [-0.2, 0) is 11.2 Å². The van der Waals surface area contributed by atoms with E-state index in [1.165, 1.54) is 11.1 Å². The van der Waals surface area contributed by atoms with Crippen molar-refractivity contribution in [2.75, 3.05) is 6.54 Å². The molecule has 1 amide bonds. The lowest BCUT2D eigenvalue weighted by molar-refractivity contribution is -0.122. The molecule has 0 aliphatic heterocycles. The van der Waals surface area contributed by atoms with Crippen LogP contribution in [0.15, 0.2) is 59.0 Å². The Balaban J connectivity index is 1.61. The second kappa shape index (κ2) is 7.99. The fraction of sp³-hybridized carbons (Fsp3) is 0.286. The SMILES string of the molecule is CC[C@H](N)C(=O)NCCCc1cc2cc(-c3ccccc3)ccc2o1. The number of benzene rings is 2. The summed E-state index contributed by atoms with van der Waals surface area (Å²) in [5.41, 5.74) is 8.97. The minimum Gasteiger partial charge on any atom is -0.461 e. The van der Waals surface area contributed by atoms with Crippen molar-refractivity contribution in [1.29, 1.82) is 0 Å². The molecule has 130 valence electrons. The summed E-state index contributed by atoms with van der Waals surface area (Å²) in [6.45, 7) is 2.52. The van der Waals surface area contributed by atoms with Gasteiger partial charge in [0.25, 0.3) is 0 Å². The van der Waals surface area contributed by atoms with Gasteiger partial charge in [0.05, 0.1) is 6.04 Å². The van der Waals surface area contributed by atoms with Gasteiger partial charge in [0.2, 0.25) is 5.91 Å². The Morgan fingerprint density at radius 2 is 1.92 bits per heavy atom. The van der Waals surface area contributed by atoms with Gasteiger partial charge in [-0.2, -0.15) is 0 Å². The molecular weight excluding hydrogens is 312 g/mol. The molecule has 1 atom stereocenters. The van der Waals surface area contributed by atoms with Crippen LogP contribution in [0, 0.1) is 0 Å². The van der Waals surface area contributed by atoms with Gasteiger partial charge in [0.1, 0.15) is 11.3 Å². The number of amides is 1. The van der Waals surface area contributed by atoms with Crippen molar-refractivity contribution in [2.45, 2.75) is 32.2 Å². The van der Waals surface area contributed by atoms with Crippen LogP contribution in [0.1, 0.15) is 25.5 Å². The molecule has 0 aliphatic rings. The number of fused-ring (bicyclic) bond motifs is 1. The number of aryl methyl sites for hydroxylation is 1. The molecule has 3 N–H and O–H groups in total. The number of carbonyl (C=O) groups is 1. The Labute approximate surface area is 148 Å². The van der Waals surface area contributed by atoms with E-state index < -0.39 is 6.04 Å². The smallest absolute Gasteiger partial charge is 0.236 e. The van der Waals surface area contributed by atoms with Crippen LogP contribution in [0.2, 0.25) is 0 Å². The molecule has 25 heavy (non-hydrogen) atoms. The molecule has 0 aliphatic carbocycles. The first kappa shape index (κ1) is 17.2. The third-order valence-corrected chi connectivity index (χ3v) is 4.35. The van der Waals surface area contributed by atoms with E-state index in [2.05, 4.69) is 35.6 Å². The zero-order valence-corrected chi connectivity index (χ0v) is 14.5. The summed E-state index contributed by atoms with van der Waals surface area (Å²) in [5.74, 6) is 0.855. The molecule has 0 radical (unpaired) electrons. The first-order valence-electron chi connectivity index (χ1n) is 8.78. The summed E-state index contributed by atoms with van der Waals surface area (Å²) < 4.78 is 5.90. The highest BCUT2D eigenvalue weighted by molar-refractivity contribution is 5.84. The molecule has 3 aromatic rings. The van der Waals surface area contributed by atoms with E-state index >= 15 is 0 Å². The molecular formula is C21H24N2O2. The maximum absolute atomic E-state index is 11.6. The lowest BCUT2D eigenvalue weighted by Crippen LogP contribution is -2.40. The Bertz CT molecular complexity index is 839. The van der Waals surface area contributed by atoms with Crippen LogP contribution in [0.5, 0.6) is 0 Å². The highest BCUT2D eigenvalue weighted by Crippen LogP contribution is 2.27. The highest BCUT2D eigenvalue weighted by atomic mass is 16.3. The maximum Gasteiger partial charge on any atom is 0.236 e. The van der Waals surface area contributed by atoms with Crippen molar-refractivity contribution < 1.29 is 9.21 Å². The van der Waals surface area contributed by atoms with Crippen molar-refractivity contribution in [1.82, 2.24) is 5.32 Å². The number of furan rings is 1. The quantitative estimate of drug-likeness (QED) is 0.643. The van der Waals surface area contributed by atoms with Crippen molar-refractivity contribution in [3.8, 4) is 11.1 Å². The zero-order chi connectivity index (χ0) is 17.6. The van der Waals surface area contributed by atoms with E-state index in [9.17, 15) is 4.79 Å². The fourth-order valence-electron chi connectivity index (χ4n) is 2.82. The zero-order valence-electron chi connectivity index (χ0n) is 14.5. The van der Waals surface area contributed by atoms with E-state index in [-0.39, 0.29) is 5.91 Å². The van der Waals surface area contributed by atoms with Crippen LogP contribution < -0.4 is 11.1 Å². The Morgan fingerprint density at radius 1 is 1.12 bits per heavy atom. The summed E-state index contributed by atoms with van der Waals surface area (Å²) >= 11 is 0. The average Bonchev–Trinajstić information content (AvgIpc) is 3.07. The maximum atomic E-state index is 11.6. The van der Waals surface area contributed by atoms with Crippen LogP contribution in [0.25, 0.3) is 22.1 Å². The molecule has 2 aromatic carbocycles. The minimum absolute atomic E-state index is 0.0837. The molecule has 0 bridgehead atoms. The lowest BCUT2D eigenvalue weighted by atomic mass is 10.0. The summed E-state index contributed by atoms with van der Waals surface area (Å²) in [4.78, 5) is 11.6. The van der Waals surface area contributed by atoms with E-state index in [0.29, 0.717) is 13.0 Å². The lowest BCUT2D eigenvalue weighted by Gasteiger charge is -2.09. The number of nitrogens with one attached hydrogen (secondary N) is 1. The second-order valence-electron chi connectivity index (χ2n) is 6.24. The summed E-state index contributed by atoms with van der Waals surface area (Å²) in [5, 5.41) is 3.97. The van der Waals surface area contributed by atoms with Gasteiger partial charge in [0.15, 0.2) is 0 Å². The third-order valence-electron chi connectivity index (χ3n) is 4.35. The number of rotatable bonds is 7. The van der Waals surface area contributed by atoms with Crippen molar-refractivity contribution >= 4 is 16.9 Å². The van der Waals surface area contributed by atoms with Gasteiger partial charge in [-0.1, -0.05) is 43.3 Å². The first-order valence-corrected chi connectivity index (χ1v) is 8.78. The van der Waals surface area contributed by atoms with E-state index in [1.54, 1.807) is 0 Å². The van der Waals surface area contributed by atoms with Crippen LogP contribution >= 0.6 is 0 Å². The van der Waals surface area contributed by atoms with Gasteiger partial charge < -0.3 is 15.5 Å². The Morgan fingerprint density at radius 3 is 2.68 bits per heavy atom. The van der Waals surface area contributed by atoms with Gasteiger partial charge in [-0.05, 0) is 42.2 Å². The summed E-state index contributed by atoms with van der Waals surface area (Å²) in [7, 11) is 0. The molecule has 3 rings (SSSR count). The summed E-state index contributed by atoms with van der Waals surface area (Å²) in [6, 6.07) is 18.2. The predicted molar refractivity (Wildman–Crippen MR) is 101 cm³/mol. The van der Waals surface area contributed by atoms with Gasteiger partial charge in [-0.15, -0.1) is 0 Å². The van der Waals surface area contributed by atoms with E-state index in [1.807, 2.05) is 31.2 Å².